The van der Waals surface area contributed by atoms with Crippen LogP contribution in [0.15, 0.2) is 72.8 Å². The zero-order valence-corrected chi connectivity index (χ0v) is 48.2. The Morgan fingerprint density at radius 3 is 1.66 bits per heavy atom. The summed E-state index contributed by atoms with van der Waals surface area (Å²) < 4.78 is 28.8. The lowest BCUT2D eigenvalue weighted by Crippen LogP contribution is -2.35. The van der Waals surface area contributed by atoms with E-state index in [2.05, 4.69) is 78.2 Å². The van der Waals surface area contributed by atoms with Gasteiger partial charge in [0.2, 0.25) is 23.6 Å². The molecule has 4 atom stereocenters. The molecule has 4 aromatic carbocycles. The van der Waals surface area contributed by atoms with Crippen molar-refractivity contribution < 1.29 is 62.7 Å². The standard InChI is InChI=1S/C33H42N2O6.C32H40N2O7/c1-22(27-11-12-29-28(19-27)15-17-41-29)34(20-23-5-9-26(10-6-23)33(38)39)21-24-7-8-25(30(18-24)40-2)4-3-16-35-31(36)13-14-32(35)37;1-21(24-7-9-27-25(18-24)12-14-40-27)33(19-22-4-3-5-26(16-22)32(37)38)20-23-6-8-28(29(17-23)39-2)41-15-13-34-30(35)10-11-31(34)36/h7-8,11-12,18-19,22-23,26H,3-6,9-10,13-17,20-21H2,1-2H3,(H,38,39);6-9,17-18,21-22,26H,3-5,10-16,19-20H2,1-2H3,(H,37,38)/t22?,23-,26-;. The zero-order chi connectivity index (χ0) is 57.9. The summed E-state index contributed by atoms with van der Waals surface area (Å²) in [5.74, 6) is 2.40. The number of methoxy groups -OCH3 is 2. The first-order valence-electron chi connectivity index (χ1n) is 29.7. The smallest absolute Gasteiger partial charge is 0.306 e. The van der Waals surface area contributed by atoms with Crippen LogP contribution in [0.1, 0.15) is 148 Å². The van der Waals surface area contributed by atoms with Crippen molar-refractivity contribution in [2.24, 2.45) is 23.7 Å². The van der Waals surface area contributed by atoms with Gasteiger partial charge in [0.25, 0.3) is 0 Å². The van der Waals surface area contributed by atoms with Gasteiger partial charge in [0.15, 0.2) is 11.5 Å². The van der Waals surface area contributed by atoms with E-state index in [0.29, 0.717) is 68.7 Å². The number of rotatable bonds is 24. The van der Waals surface area contributed by atoms with Gasteiger partial charge in [-0.1, -0.05) is 48.9 Å². The Labute approximate surface area is 482 Å². The molecule has 4 fully saturated rings. The lowest BCUT2D eigenvalue weighted by Gasteiger charge is -2.36. The van der Waals surface area contributed by atoms with Crippen LogP contribution in [0.25, 0.3) is 0 Å². The summed E-state index contributed by atoms with van der Waals surface area (Å²) in [4.78, 5) is 78.5. The van der Waals surface area contributed by atoms with Gasteiger partial charge in [-0.2, -0.15) is 0 Å². The van der Waals surface area contributed by atoms with E-state index in [1.165, 1.54) is 32.1 Å². The molecule has 0 aromatic heterocycles. The van der Waals surface area contributed by atoms with Crippen LogP contribution in [0.4, 0.5) is 0 Å². The van der Waals surface area contributed by atoms with Crippen LogP contribution in [0.2, 0.25) is 0 Å². The van der Waals surface area contributed by atoms with E-state index in [0.717, 1.165) is 124 Å². The summed E-state index contributed by atoms with van der Waals surface area (Å²) >= 11 is 0. The number of imide groups is 2. The molecule has 4 aliphatic heterocycles. The molecule has 2 N–H and O–H groups in total. The number of carboxylic acid groups (broad SMARTS) is 2. The fourth-order valence-electron chi connectivity index (χ4n) is 12.9. The first-order valence-corrected chi connectivity index (χ1v) is 29.7. The van der Waals surface area contributed by atoms with Gasteiger partial charge in [0.05, 0.1) is 45.8 Å². The lowest BCUT2D eigenvalue weighted by molar-refractivity contribution is -0.144. The van der Waals surface area contributed by atoms with Crippen molar-refractivity contribution in [1.82, 2.24) is 19.6 Å². The second-order valence-electron chi connectivity index (χ2n) is 23.2. The topological polar surface area (TPSA) is 202 Å². The highest BCUT2D eigenvalue weighted by Gasteiger charge is 2.33. The van der Waals surface area contributed by atoms with Crippen molar-refractivity contribution in [3.05, 3.63) is 112 Å². The number of carboxylic acids is 2. The molecule has 10 rings (SSSR count). The molecule has 82 heavy (non-hydrogen) atoms. The summed E-state index contributed by atoms with van der Waals surface area (Å²) in [6.45, 7) is 9.91. The molecular formula is C65H82N4O13. The highest BCUT2D eigenvalue weighted by molar-refractivity contribution is 6.02. The van der Waals surface area contributed by atoms with Gasteiger partial charge in [0, 0.05) is 83.3 Å². The number of carbonyl (C=O) groups is 6. The van der Waals surface area contributed by atoms with Crippen LogP contribution in [0.3, 0.4) is 0 Å². The Bertz CT molecular complexity index is 2910. The van der Waals surface area contributed by atoms with E-state index in [4.69, 9.17) is 23.7 Å². The number of hydrogen-bond acceptors (Lipinski definition) is 13. The van der Waals surface area contributed by atoms with E-state index in [1.807, 2.05) is 18.2 Å². The highest BCUT2D eigenvalue weighted by atomic mass is 16.5. The zero-order valence-electron chi connectivity index (χ0n) is 48.2. The number of aryl methyl sites for hydroxylation is 1. The molecular weight excluding hydrogens is 1040 g/mol. The summed E-state index contributed by atoms with van der Waals surface area (Å²) in [6.07, 6.45) is 11.3. The van der Waals surface area contributed by atoms with Crippen LogP contribution in [-0.4, -0.2) is 126 Å². The van der Waals surface area contributed by atoms with Gasteiger partial charge >= 0.3 is 11.9 Å². The summed E-state index contributed by atoms with van der Waals surface area (Å²) in [6, 6.07) is 25.5. The van der Waals surface area contributed by atoms with Crippen molar-refractivity contribution >= 4 is 35.6 Å². The van der Waals surface area contributed by atoms with Gasteiger partial charge in [-0.25, -0.2) is 0 Å². The SMILES string of the molecule is COc1cc(CN(CC2CCCC(C(=O)O)C2)C(C)c2ccc3c(c2)CCO3)ccc1OCCN1C(=O)CCC1=O.COc1cc(CN(C[C@H]2CC[C@H](C(=O)O)CC2)C(C)c2ccc3c(c2)CCO3)ccc1CCCN1C(=O)CCC1=O. The molecule has 2 saturated carbocycles. The molecule has 0 radical (unpaired) electrons. The van der Waals surface area contributed by atoms with Crippen LogP contribution < -0.4 is 23.7 Å². The van der Waals surface area contributed by atoms with Crippen LogP contribution in [0.5, 0.6) is 28.7 Å². The van der Waals surface area contributed by atoms with E-state index >= 15 is 0 Å². The molecule has 440 valence electrons. The average molecular weight is 1130 g/mol. The van der Waals surface area contributed by atoms with Crippen LogP contribution in [0, 0.1) is 23.7 Å². The number of likely N-dealkylation sites (tertiary alicyclic amines) is 2. The minimum absolute atomic E-state index is 0.0705. The third-order valence-electron chi connectivity index (χ3n) is 17.9. The number of benzene rings is 4. The maximum Gasteiger partial charge on any atom is 0.306 e. The van der Waals surface area contributed by atoms with E-state index in [-0.39, 0.29) is 73.5 Å². The molecule has 0 spiro atoms. The summed E-state index contributed by atoms with van der Waals surface area (Å²) in [5.41, 5.74) is 8.27. The Kier molecular flexibility index (Phi) is 20.3. The molecule has 2 saturated heterocycles. The van der Waals surface area contributed by atoms with E-state index in [9.17, 15) is 39.0 Å². The number of aliphatic carboxylic acids is 2. The normalized spacial score (nSPS) is 21.1. The quantitative estimate of drug-likeness (QED) is 0.0627. The third kappa shape index (κ3) is 15.0. The molecule has 6 aliphatic rings. The Balaban J connectivity index is 0.000000198. The van der Waals surface area contributed by atoms with Gasteiger partial charge < -0.3 is 33.9 Å². The second kappa shape index (κ2) is 27.9. The fraction of sp³-hybridized carbons (Fsp3) is 0.538. The number of nitrogens with zero attached hydrogens (tertiary/aromatic N) is 4. The summed E-state index contributed by atoms with van der Waals surface area (Å²) in [7, 11) is 3.28. The van der Waals surface area contributed by atoms with Crippen molar-refractivity contribution in [3.63, 3.8) is 0 Å². The number of ether oxygens (including phenoxy) is 5. The maximum absolute atomic E-state index is 11.9. The molecule has 4 heterocycles. The van der Waals surface area contributed by atoms with E-state index in [1.54, 1.807) is 14.2 Å². The number of hydrogen-bond donors (Lipinski definition) is 2. The number of fused-ring (bicyclic) bond motifs is 2. The minimum Gasteiger partial charge on any atom is -0.496 e. The molecule has 4 amide bonds. The Morgan fingerprint density at radius 1 is 0.585 bits per heavy atom. The van der Waals surface area contributed by atoms with Gasteiger partial charge in [-0.05, 0) is 153 Å². The first-order chi connectivity index (χ1) is 39.6. The van der Waals surface area contributed by atoms with Crippen molar-refractivity contribution in [2.45, 2.75) is 142 Å². The Morgan fingerprint density at radius 2 is 1.11 bits per heavy atom. The predicted molar refractivity (Wildman–Crippen MR) is 307 cm³/mol. The van der Waals surface area contributed by atoms with Crippen molar-refractivity contribution in [1.29, 1.82) is 0 Å². The van der Waals surface area contributed by atoms with Crippen molar-refractivity contribution in [3.8, 4) is 28.7 Å². The van der Waals surface area contributed by atoms with E-state index < -0.39 is 11.9 Å². The lowest BCUT2D eigenvalue weighted by atomic mass is 9.81. The summed E-state index contributed by atoms with van der Waals surface area (Å²) in [5, 5.41) is 19.1. The molecule has 17 nitrogen and oxygen atoms in total. The minimum atomic E-state index is -0.688. The molecule has 2 aliphatic carbocycles. The maximum atomic E-state index is 11.9. The Hall–Kier alpha value is -6.98. The highest BCUT2D eigenvalue weighted by Crippen LogP contribution is 2.38. The van der Waals surface area contributed by atoms with Crippen LogP contribution >= 0.6 is 0 Å². The van der Waals surface area contributed by atoms with Crippen LogP contribution in [-0.2, 0) is 61.1 Å². The molecule has 0 bridgehead atoms. The molecule has 4 aromatic rings. The number of carbonyl (C=O) groups excluding carboxylic acids is 4. The largest absolute Gasteiger partial charge is 0.496 e. The average Bonchev–Trinajstić information content (AvgIpc) is 4.45. The van der Waals surface area contributed by atoms with Gasteiger partial charge in [-0.15, -0.1) is 0 Å². The molecule has 4 unspecified atom stereocenters. The van der Waals surface area contributed by atoms with Gasteiger partial charge in [0.1, 0.15) is 23.9 Å². The fourth-order valence-corrected chi connectivity index (χ4v) is 12.9. The second-order valence-corrected chi connectivity index (χ2v) is 23.2. The first kappa shape index (κ1) is 59.6. The van der Waals surface area contributed by atoms with Gasteiger partial charge in [-0.3, -0.25) is 48.4 Å². The number of amides is 4. The third-order valence-corrected chi connectivity index (χ3v) is 17.9. The van der Waals surface area contributed by atoms with Crippen molar-refractivity contribution in [2.75, 3.05) is 60.2 Å². The molecule has 17 heteroatoms. The monoisotopic (exact) mass is 1130 g/mol. The predicted octanol–water partition coefficient (Wildman–Crippen LogP) is 9.78.